The zero-order valence-electron chi connectivity index (χ0n) is 12.9. The molecule has 0 spiro atoms. The molecule has 0 aliphatic carbocycles. The third kappa shape index (κ3) is 5.26. The molecule has 2 aromatic carbocycles. The average Bonchev–Trinajstić information content (AvgIpc) is 2.47. The van der Waals surface area contributed by atoms with Gasteiger partial charge in [-0.2, -0.15) is 0 Å². The molecule has 0 aliphatic rings. The SMILES string of the molecule is CC(CC(O)c1cc(O)ccc1SP(=O)(O)O)c1cccc(O)c1. The minimum absolute atomic E-state index is 0.0934. The predicted octanol–water partition coefficient (Wildman–Crippen LogP) is 3.51. The molecule has 0 bridgehead atoms. The highest BCUT2D eigenvalue weighted by Gasteiger charge is 2.23. The molecule has 5 N–H and O–H groups in total. The first kappa shape index (κ1) is 18.8. The molecular formula is C16H19O6PS. The Labute approximate surface area is 143 Å². The van der Waals surface area contributed by atoms with Gasteiger partial charge in [0.15, 0.2) is 0 Å². The summed E-state index contributed by atoms with van der Waals surface area (Å²) in [6, 6.07) is 10.7. The molecule has 6 nitrogen and oxygen atoms in total. The molecule has 2 atom stereocenters. The largest absolute Gasteiger partial charge is 0.508 e. The Morgan fingerprint density at radius 1 is 1.08 bits per heavy atom. The lowest BCUT2D eigenvalue weighted by molar-refractivity contribution is 0.156. The highest BCUT2D eigenvalue weighted by molar-refractivity contribution is 8.54. The van der Waals surface area contributed by atoms with Crippen LogP contribution in [0.3, 0.4) is 0 Å². The van der Waals surface area contributed by atoms with Gasteiger partial charge in [-0.05, 0) is 65.2 Å². The molecule has 0 amide bonds. The van der Waals surface area contributed by atoms with Gasteiger partial charge in [-0.1, -0.05) is 19.1 Å². The van der Waals surface area contributed by atoms with Crippen molar-refractivity contribution in [3.63, 3.8) is 0 Å². The van der Waals surface area contributed by atoms with Gasteiger partial charge in [0.05, 0.1) is 6.10 Å². The molecule has 0 saturated heterocycles. The Bertz CT molecular complexity index is 760. The van der Waals surface area contributed by atoms with Crippen LogP contribution in [0, 0.1) is 0 Å². The zero-order valence-corrected chi connectivity index (χ0v) is 14.6. The van der Waals surface area contributed by atoms with E-state index in [0.717, 1.165) is 5.56 Å². The first-order valence-electron chi connectivity index (χ1n) is 7.21. The van der Waals surface area contributed by atoms with E-state index in [0.29, 0.717) is 11.4 Å². The summed E-state index contributed by atoms with van der Waals surface area (Å²) in [5, 5.41) is 29.6. The first-order valence-corrected chi connectivity index (χ1v) is 10.2. The molecule has 24 heavy (non-hydrogen) atoms. The van der Waals surface area contributed by atoms with E-state index in [1.807, 2.05) is 13.0 Å². The number of aliphatic hydroxyl groups excluding tert-OH is 1. The van der Waals surface area contributed by atoms with Crippen LogP contribution in [0.25, 0.3) is 0 Å². The van der Waals surface area contributed by atoms with Gasteiger partial charge in [-0.3, -0.25) is 0 Å². The molecule has 2 aromatic rings. The minimum Gasteiger partial charge on any atom is -0.508 e. The highest BCUT2D eigenvalue weighted by Crippen LogP contribution is 2.56. The van der Waals surface area contributed by atoms with E-state index in [1.54, 1.807) is 18.2 Å². The second kappa shape index (κ2) is 7.59. The zero-order chi connectivity index (χ0) is 17.9. The number of hydrogen-bond acceptors (Lipinski definition) is 5. The van der Waals surface area contributed by atoms with E-state index >= 15 is 0 Å². The second-order valence-electron chi connectivity index (χ2n) is 5.55. The third-order valence-corrected chi connectivity index (χ3v) is 5.70. The van der Waals surface area contributed by atoms with Gasteiger partial charge in [0.2, 0.25) is 0 Å². The summed E-state index contributed by atoms with van der Waals surface area (Å²) in [4.78, 5) is 18.5. The van der Waals surface area contributed by atoms with Gasteiger partial charge in [-0.25, -0.2) is 4.57 Å². The van der Waals surface area contributed by atoms with E-state index in [-0.39, 0.29) is 34.3 Å². The van der Waals surface area contributed by atoms with Crippen LogP contribution in [0.5, 0.6) is 11.5 Å². The molecule has 0 aromatic heterocycles. The first-order chi connectivity index (χ1) is 11.2. The van der Waals surface area contributed by atoms with Crippen molar-refractivity contribution in [3.05, 3.63) is 53.6 Å². The smallest absolute Gasteiger partial charge is 0.388 e. The maximum Gasteiger partial charge on any atom is 0.388 e. The lowest BCUT2D eigenvalue weighted by atomic mass is 9.92. The quantitative estimate of drug-likeness (QED) is 0.494. The van der Waals surface area contributed by atoms with E-state index in [4.69, 9.17) is 9.79 Å². The summed E-state index contributed by atoms with van der Waals surface area (Å²) in [5.41, 5.74) is 1.09. The molecule has 0 fully saturated rings. The lowest BCUT2D eigenvalue weighted by Gasteiger charge is -2.20. The standard InChI is InChI=1S/C16H19O6PS/c1-10(11-3-2-4-12(17)8-11)7-15(19)14-9-13(18)5-6-16(14)24-23(20,21)22/h2-6,8-10,15,17-19H,7H2,1H3,(H2,20,21,22). The Morgan fingerprint density at radius 2 is 1.75 bits per heavy atom. The molecule has 0 aliphatic heterocycles. The van der Waals surface area contributed by atoms with Crippen molar-refractivity contribution in [2.45, 2.75) is 30.3 Å². The predicted molar refractivity (Wildman–Crippen MR) is 92.1 cm³/mol. The van der Waals surface area contributed by atoms with Crippen molar-refractivity contribution in [1.29, 1.82) is 0 Å². The summed E-state index contributed by atoms with van der Waals surface area (Å²) in [7, 11) is 0. The molecule has 130 valence electrons. The maximum atomic E-state index is 11.2. The van der Waals surface area contributed by atoms with Crippen molar-refractivity contribution < 1.29 is 29.7 Å². The topological polar surface area (TPSA) is 118 Å². The van der Waals surface area contributed by atoms with Crippen molar-refractivity contribution in [2.24, 2.45) is 0 Å². The van der Waals surface area contributed by atoms with E-state index in [9.17, 15) is 19.9 Å². The molecular weight excluding hydrogens is 351 g/mol. The van der Waals surface area contributed by atoms with Crippen molar-refractivity contribution >= 4 is 18.2 Å². The van der Waals surface area contributed by atoms with Crippen molar-refractivity contribution in [2.75, 3.05) is 0 Å². The Morgan fingerprint density at radius 3 is 2.38 bits per heavy atom. The van der Waals surface area contributed by atoms with Crippen LogP contribution in [0.4, 0.5) is 0 Å². The van der Waals surface area contributed by atoms with Crippen molar-refractivity contribution in [1.82, 2.24) is 0 Å². The molecule has 0 saturated carbocycles. The maximum absolute atomic E-state index is 11.2. The Hall–Kier alpha value is -1.50. The summed E-state index contributed by atoms with van der Waals surface area (Å²) in [5.74, 6) is -0.0737. The van der Waals surface area contributed by atoms with E-state index in [1.165, 1.54) is 18.2 Å². The molecule has 0 heterocycles. The summed E-state index contributed by atoms with van der Waals surface area (Å²) in [6.45, 7) is -2.51. The van der Waals surface area contributed by atoms with Crippen LogP contribution in [-0.4, -0.2) is 25.1 Å². The lowest BCUT2D eigenvalue weighted by Crippen LogP contribution is -2.05. The average molecular weight is 370 g/mol. The summed E-state index contributed by atoms with van der Waals surface area (Å²) < 4.78 is 11.2. The van der Waals surface area contributed by atoms with Gasteiger partial charge in [-0.15, -0.1) is 0 Å². The summed E-state index contributed by atoms with van der Waals surface area (Å²) in [6.07, 6.45) is -0.759. The monoisotopic (exact) mass is 370 g/mol. The fraction of sp³-hybridized carbons (Fsp3) is 0.250. The van der Waals surface area contributed by atoms with Gasteiger partial charge in [0, 0.05) is 4.90 Å². The normalized spacial score (nSPS) is 14.3. The van der Waals surface area contributed by atoms with E-state index < -0.39 is 12.9 Å². The Balaban J connectivity index is 2.24. The van der Waals surface area contributed by atoms with Crippen LogP contribution >= 0.6 is 18.2 Å². The van der Waals surface area contributed by atoms with Crippen LogP contribution in [0.15, 0.2) is 47.4 Å². The fourth-order valence-corrected chi connectivity index (χ4v) is 4.39. The van der Waals surface area contributed by atoms with Crippen molar-refractivity contribution in [3.8, 4) is 11.5 Å². The Kier molecular flexibility index (Phi) is 5.96. The number of phenolic OH excluding ortho intramolecular Hbond substituents is 2. The van der Waals surface area contributed by atoms with E-state index in [2.05, 4.69) is 0 Å². The van der Waals surface area contributed by atoms with Crippen LogP contribution < -0.4 is 0 Å². The number of benzene rings is 2. The number of aliphatic hydroxyl groups is 1. The van der Waals surface area contributed by atoms with Gasteiger partial charge in [0.25, 0.3) is 0 Å². The van der Waals surface area contributed by atoms with Crippen LogP contribution in [0.2, 0.25) is 0 Å². The number of hydrogen-bond donors (Lipinski definition) is 5. The van der Waals surface area contributed by atoms with Crippen LogP contribution in [0.1, 0.15) is 36.5 Å². The van der Waals surface area contributed by atoms with Gasteiger partial charge >= 0.3 is 6.80 Å². The fourth-order valence-electron chi connectivity index (χ4n) is 2.44. The second-order valence-corrected chi connectivity index (χ2v) is 9.13. The number of phenols is 2. The molecule has 0 radical (unpaired) electrons. The summed E-state index contributed by atoms with van der Waals surface area (Å²) >= 11 is 0.345. The number of aromatic hydroxyl groups is 2. The van der Waals surface area contributed by atoms with Gasteiger partial charge < -0.3 is 25.1 Å². The van der Waals surface area contributed by atoms with Gasteiger partial charge in [0.1, 0.15) is 11.5 Å². The molecule has 2 unspecified atom stereocenters. The third-order valence-electron chi connectivity index (χ3n) is 3.59. The highest BCUT2D eigenvalue weighted by atomic mass is 32.7. The van der Waals surface area contributed by atoms with Crippen LogP contribution in [-0.2, 0) is 4.57 Å². The molecule has 8 heteroatoms. The minimum atomic E-state index is -4.38. The molecule has 2 rings (SSSR count). The number of rotatable bonds is 6.